The summed E-state index contributed by atoms with van der Waals surface area (Å²) in [5.41, 5.74) is 2.94. The predicted octanol–water partition coefficient (Wildman–Crippen LogP) is 4.31. The largest absolute Gasteiger partial charge is 0.497 e. The summed E-state index contributed by atoms with van der Waals surface area (Å²) >= 11 is 1.57. The van der Waals surface area contributed by atoms with E-state index in [-0.39, 0.29) is 5.91 Å². The van der Waals surface area contributed by atoms with Crippen molar-refractivity contribution in [3.63, 3.8) is 0 Å². The van der Waals surface area contributed by atoms with Crippen LogP contribution in [0.15, 0.2) is 35.8 Å². The van der Waals surface area contributed by atoms with Gasteiger partial charge in [0.1, 0.15) is 5.75 Å². The van der Waals surface area contributed by atoms with Crippen LogP contribution in [0.2, 0.25) is 0 Å². The summed E-state index contributed by atoms with van der Waals surface area (Å²) in [6.45, 7) is 2.24. The van der Waals surface area contributed by atoms with Crippen LogP contribution in [0.3, 0.4) is 0 Å². The van der Waals surface area contributed by atoms with Gasteiger partial charge in [-0.25, -0.2) is 4.98 Å². The van der Waals surface area contributed by atoms with Crippen molar-refractivity contribution >= 4 is 22.2 Å². The molecule has 2 atom stereocenters. The molecule has 4 rings (SSSR count). The number of ether oxygens (including phenoxy) is 1. The summed E-state index contributed by atoms with van der Waals surface area (Å²) in [6, 6.07) is 8.19. The summed E-state index contributed by atoms with van der Waals surface area (Å²) in [4.78, 5) is 18.2. The highest BCUT2D eigenvalue weighted by Crippen LogP contribution is 2.26. The highest BCUT2D eigenvalue weighted by atomic mass is 32.1. The lowest BCUT2D eigenvalue weighted by molar-refractivity contribution is -0.121. The van der Waals surface area contributed by atoms with E-state index >= 15 is 0 Å². The van der Waals surface area contributed by atoms with Gasteiger partial charge in [0.25, 0.3) is 0 Å². The molecule has 1 saturated carbocycles. The lowest BCUT2D eigenvalue weighted by atomic mass is 9.86. The van der Waals surface area contributed by atoms with Gasteiger partial charge in [-0.3, -0.25) is 9.20 Å². The normalized spacial score (nSPS) is 19.9. The van der Waals surface area contributed by atoms with Crippen LogP contribution in [0.1, 0.15) is 38.3 Å². The summed E-state index contributed by atoms with van der Waals surface area (Å²) in [5, 5.41) is 5.27. The van der Waals surface area contributed by atoms with Gasteiger partial charge in [-0.2, -0.15) is 0 Å². The van der Waals surface area contributed by atoms with Crippen molar-refractivity contribution in [2.75, 3.05) is 7.11 Å². The molecule has 0 aliphatic heterocycles. The van der Waals surface area contributed by atoms with Crippen molar-refractivity contribution in [2.45, 2.75) is 45.1 Å². The molecule has 0 bridgehead atoms. The Morgan fingerprint density at radius 2 is 2.07 bits per heavy atom. The first-order chi connectivity index (χ1) is 13.1. The number of nitrogens with one attached hydrogen (secondary N) is 1. The molecule has 2 unspecified atom stereocenters. The van der Waals surface area contributed by atoms with Gasteiger partial charge in [0, 0.05) is 28.9 Å². The molecule has 1 fully saturated rings. The Morgan fingerprint density at radius 1 is 1.30 bits per heavy atom. The summed E-state index contributed by atoms with van der Waals surface area (Å²) in [5.74, 6) is 1.50. The molecule has 1 aromatic carbocycles. The Kier molecular flexibility index (Phi) is 5.16. The van der Waals surface area contributed by atoms with Gasteiger partial charge in [0.2, 0.25) is 5.91 Å². The van der Waals surface area contributed by atoms with Crippen LogP contribution >= 0.6 is 11.3 Å². The van der Waals surface area contributed by atoms with E-state index < -0.39 is 0 Å². The van der Waals surface area contributed by atoms with Crippen LogP contribution in [0.4, 0.5) is 0 Å². The quantitative estimate of drug-likeness (QED) is 0.714. The fourth-order valence-electron chi connectivity index (χ4n) is 3.81. The maximum atomic E-state index is 12.6. The van der Waals surface area contributed by atoms with Gasteiger partial charge < -0.3 is 10.1 Å². The maximum absolute atomic E-state index is 12.6. The molecule has 0 radical (unpaired) electrons. The van der Waals surface area contributed by atoms with E-state index in [2.05, 4.69) is 12.2 Å². The molecule has 1 amide bonds. The van der Waals surface area contributed by atoms with Crippen molar-refractivity contribution in [1.82, 2.24) is 14.7 Å². The summed E-state index contributed by atoms with van der Waals surface area (Å²) < 4.78 is 7.25. The number of imidazole rings is 1. The molecule has 6 heteroatoms. The van der Waals surface area contributed by atoms with Gasteiger partial charge in [0.15, 0.2) is 4.96 Å². The lowest BCUT2D eigenvalue weighted by Gasteiger charge is -2.29. The highest BCUT2D eigenvalue weighted by molar-refractivity contribution is 7.15. The minimum absolute atomic E-state index is 0.105. The molecule has 1 N–H and O–H groups in total. The zero-order valence-electron chi connectivity index (χ0n) is 15.8. The number of hydrogen-bond acceptors (Lipinski definition) is 4. The number of carbonyl (C=O) groups excluding carboxylic acids is 1. The predicted molar refractivity (Wildman–Crippen MR) is 108 cm³/mol. The smallest absolute Gasteiger partial charge is 0.226 e. The third-order valence-electron chi connectivity index (χ3n) is 5.47. The molecule has 5 nitrogen and oxygen atoms in total. The van der Waals surface area contributed by atoms with Crippen LogP contribution in [0.25, 0.3) is 16.2 Å². The third-order valence-corrected chi connectivity index (χ3v) is 6.36. The van der Waals surface area contributed by atoms with Gasteiger partial charge in [-0.1, -0.05) is 19.8 Å². The summed E-state index contributed by atoms with van der Waals surface area (Å²) in [7, 11) is 1.66. The second kappa shape index (κ2) is 7.72. The molecular formula is C21H25N3O2S. The van der Waals surface area contributed by atoms with Crippen molar-refractivity contribution in [1.29, 1.82) is 0 Å². The van der Waals surface area contributed by atoms with E-state index in [4.69, 9.17) is 9.72 Å². The fraction of sp³-hybridized carbons (Fsp3) is 0.429. The number of thiazole rings is 1. The van der Waals surface area contributed by atoms with Gasteiger partial charge in [-0.05, 0) is 43.0 Å². The zero-order valence-corrected chi connectivity index (χ0v) is 16.6. The van der Waals surface area contributed by atoms with Crippen LogP contribution in [-0.4, -0.2) is 28.4 Å². The molecule has 27 heavy (non-hydrogen) atoms. The Bertz CT molecular complexity index is 929. The second-order valence-electron chi connectivity index (χ2n) is 7.35. The fourth-order valence-corrected chi connectivity index (χ4v) is 4.68. The molecule has 2 heterocycles. The molecule has 1 aliphatic carbocycles. The topological polar surface area (TPSA) is 55.6 Å². The highest BCUT2D eigenvalue weighted by Gasteiger charge is 2.23. The number of amides is 1. The molecule has 2 aromatic heterocycles. The standard InChI is InChI=1S/C21H25N3O2S/c1-14-5-3-4-6-18(14)22-20(25)11-16-13-27-21-23-19(12-24(16)21)15-7-9-17(26-2)10-8-15/h7-10,12-14,18H,3-6,11H2,1-2H3,(H,22,25). The third kappa shape index (κ3) is 3.86. The van der Waals surface area contributed by atoms with E-state index in [0.29, 0.717) is 18.4 Å². The number of carbonyl (C=O) groups is 1. The average molecular weight is 384 g/mol. The number of aromatic nitrogens is 2. The molecule has 0 spiro atoms. The SMILES string of the molecule is COc1ccc(-c2cn3c(CC(=O)NC4CCCCC4C)csc3n2)cc1. The maximum Gasteiger partial charge on any atom is 0.226 e. The van der Waals surface area contributed by atoms with Gasteiger partial charge in [-0.15, -0.1) is 11.3 Å². The van der Waals surface area contributed by atoms with Crippen molar-refractivity contribution in [3.8, 4) is 17.0 Å². The van der Waals surface area contributed by atoms with Crippen molar-refractivity contribution in [2.24, 2.45) is 5.92 Å². The van der Waals surface area contributed by atoms with Crippen LogP contribution < -0.4 is 10.1 Å². The van der Waals surface area contributed by atoms with Crippen LogP contribution in [0, 0.1) is 5.92 Å². The first-order valence-electron chi connectivity index (χ1n) is 9.53. The summed E-state index contributed by atoms with van der Waals surface area (Å²) in [6.07, 6.45) is 7.20. The van der Waals surface area contributed by atoms with E-state index in [1.165, 1.54) is 19.3 Å². The van der Waals surface area contributed by atoms with E-state index in [1.54, 1.807) is 18.4 Å². The number of benzene rings is 1. The van der Waals surface area contributed by atoms with Crippen molar-refractivity contribution in [3.05, 3.63) is 41.5 Å². The Morgan fingerprint density at radius 3 is 2.81 bits per heavy atom. The Labute approximate surface area is 163 Å². The molecular weight excluding hydrogens is 358 g/mol. The first kappa shape index (κ1) is 18.0. The van der Waals surface area contributed by atoms with Crippen molar-refractivity contribution < 1.29 is 9.53 Å². The zero-order chi connectivity index (χ0) is 18.8. The molecule has 1 aliphatic rings. The first-order valence-corrected chi connectivity index (χ1v) is 10.4. The lowest BCUT2D eigenvalue weighted by Crippen LogP contribution is -2.41. The minimum Gasteiger partial charge on any atom is -0.497 e. The number of hydrogen-bond donors (Lipinski definition) is 1. The number of rotatable bonds is 5. The molecule has 3 aromatic rings. The van der Waals surface area contributed by atoms with Crippen LogP contribution in [-0.2, 0) is 11.2 Å². The van der Waals surface area contributed by atoms with Gasteiger partial charge in [0.05, 0.1) is 19.2 Å². The number of methoxy groups -OCH3 is 1. The minimum atomic E-state index is 0.105. The van der Waals surface area contributed by atoms with Crippen LogP contribution in [0.5, 0.6) is 5.75 Å². The second-order valence-corrected chi connectivity index (χ2v) is 8.18. The van der Waals surface area contributed by atoms with E-state index in [9.17, 15) is 4.79 Å². The number of fused-ring (bicyclic) bond motifs is 1. The Balaban J connectivity index is 1.49. The molecule has 0 saturated heterocycles. The average Bonchev–Trinajstić information content (AvgIpc) is 3.26. The van der Waals surface area contributed by atoms with E-state index in [1.807, 2.05) is 40.2 Å². The van der Waals surface area contributed by atoms with E-state index in [0.717, 1.165) is 34.1 Å². The molecule has 142 valence electrons. The monoisotopic (exact) mass is 383 g/mol. The number of nitrogens with zero attached hydrogens (tertiary/aromatic N) is 2. The van der Waals surface area contributed by atoms with Gasteiger partial charge >= 0.3 is 0 Å². The Hall–Kier alpha value is -2.34.